The minimum atomic E-state index is 0.750. The summed E-state index contributed by atoms with van der Waals surface area (Å²) < 4.78 is 0.831. The van der Waals surface area contributed by atoms with E-state index in [1.165, 1.54) is 0 Å². The van der Waals surface area contributed by atoms with Crippen molar-refractivity contribution < 1.29 is 0 Å². The van der Waals surface area contributed by atoms with Crippen LogP contribution in [0.4, 0.5) is 0 Å². The Bertz CT molecular complexity index is 438. The zero-order valence-corrected chi connectivity index (χ0v) is 9.87. The number of aromatic nitrogens is 3. The first-order chi connectivity index (χ1) is 7.31. The largest absolute Gasteiger partial charge is 0.338 e. The Morgan fingerprint density at radius 2 is 2.33 bits per heavy atom. The van der Waals surface area contributed by atoms with E-state index in [-0.39, 0.29) is 0 Å². The van der Waals surface area contributed by atoms with Crippen LogP contribution >= 0.6 is 15.9 Å². The average Bonchev–Trinajstić information content (AvgIpc) is 2.63. The predicted octanol–water partition coefficient (Wildman–Crippen LogP) is 1.95. The summed E-state index contributed by atoms with van der Waals surface area (Å²) in [5.41, 5.74) is 1.87. The van der Waals surface area contributed by atoms with Crippen LogP contribution in [0.15, 0.2) is 29.0 Å². The van der Waals surface area contributed by atoms with Crippen molar-refractivity contribution in [1.82, 2.24) is 20.3 Å². The number of aromatic amines is 1. The molecule has 0 radical (unpaired) electrons. The zero-order chi connectivity index (χ0) is 10.7. The van der Waals surface area contributed by atoms with Gasteiger partial charge in [0, 0.05) is 12.7 Å². The lowest BCUT2D eigenvalue weighted by atomic mass is 10.3. The molecule has 78 valence electrons. The molecule has 0 bridgehead atoms. The Hall–Kier alpha value is -1.20. The Labute approximate surface area is 96.3 Å². The van der Waals surface area contributed by atoms with Gasteiger partial charge in [-0.15, -0.1) is 0 Å². The number of imidazole rings is 1. The van der Waals surface area contributed by atoms with Crippen molar-refractivity contribution in [3.63, 3.8) is 0 Å². The molecule has 0 saturated carbocycles. The van der Waals surface area contributed by atoms with E-state index in [4.69, 9.17) is 0 Å². The van der Waals surface area contributed by atoms with Crippen molar-refractivity contribution in [3.05, 3.63) is 34.7 Å². The van der Waals surface area contributed by atoms with E-state index in [2.05, 4.69) is 36.2 Å². The molecule has 15 heavy (non-hydrogen) atoms. The van der Waals surface area contributed by atoms with Gasteiger partial charge in [-0.1, -0.05) is 6.07 Å². The number of hydrogen-bond acceptors (Lipinski definition) is 3. The third-order valence-electron chi connectivity index (χ3n) is 1.99. The van der Waals surface area contributed by atoms with Gasteiger partial charge in [-0.25, -0.2) is 4.98 Å². The van der Waals surface area contributed by atoms with Crippen molar-refractivity contribution in [2.75, 3.05) is 7.05 Å². The summed E-state index contributed by atoms with van der Waals surface area (Å²) >= 11 is 3.41. The van der Waals surface area contributed by atoms with Crippen LogP contribution in [-0.4, -0.2) is 22.0 Å². The van der Waals surface area contributed by atoms with Crippen molar-refractivity contribution >= 4 is 15.9 Å². The molecule has 0 spiro atoms. The highest BCUT2D eigenvalue weighted by atomic mass is 79.9. The van der Waals surface area contributed by atoms with Gasteiger partial charge in [-0.2, -0.15) is 0 Å². The lowest BCUT2D eigenvalue weighted by Gasteiger charge is -1.95. The van der Waals surface area contributed by atoms with Gasteiger partial charge in [0.1, 0.15) is 10.3 Å². The minimum Gasteiger partial charge on any atom is -0.338 e. The summed E-state index contributed by atoms with van der Waals surface area (Å²) in [5.74, 6) is 0.785. The SMILES string of the molecule is CNCc1[nH]c(-c2ccccn2)nc1Br. The van der Waals surface area contributed by atoms with Gasteiger partial charge >= 0.3 is 0 Å². The first kappa shape index (κ1) is 10.3. The lowest BCUT2D eigenvalue weighted by Crippen LogP contribution is -2.05. The first-order valence-electron chi connectivity index (χ1n) is 4.61. The lowest BCUT2D eigenvalue weighted by molar-refractivity contribution is 0.793. The normalized spacial score (nSPS) is 10.5. The number of halogens is 1. The molecular formula is C10H11BrN4. The summed E-state index contributed by atoms with van der Waals surface area (Å²) in [5, 5.41) is 3.07. The Balaban J connectivity index is 2.34. The van der Waals surface area contributed by atoms with Gasteiger partial charge in [0.05, 0.1) is 5.69 Å². The van der Waals surface area contributed by atoms with Crippen LogP contribution in [0.1, 0.15) is 5.69 Å². The van der Waals surface area contributed by atoms with Crippen LogP contribution < -0.4 is 5.32 Å². The highest BCUT2D eigenvalue weighted by Crippen LogP contribution is 2.19. The van der Waals surface area contributed by atoms with Gasteiger partial charge in [0.25, 0.3) is 0 Å². The van der Waals surface area contributed by atoms with Crippen molar-refractivity contribution in [1.29, 1.82) is 0 Å². The summed E-state index contributed by atoms with van der Waals surface area (Å²) in [4.78, 5) is 11.8. The van der Waals surface area contributed by atoms with E-state index in [0.29, 0.717) is 0 Å². The van der Waals surface area contributed by atoms with Gasteiger partial charge in [0.15, 0.2) is 5.82 Å². The van der Waals surface area contributed by atoms with E-state index in [0.717, 1.165) is 28.4 Å². The summed E-state index contributed by atoms with van der Waals surface area (Å²) in [6.07, 6.45) is 1.75. The van der Waals surface area contributed by atoms with Crippen LogP contribution in [0.25, 0.3) is 11.5 Å². The number of nitrogens with one attached hydrogen (secondary N) is 2. The second kappa shape index (κ2) is 4.55. The van der Waals surface area contributed by atoms with Crippen LogP contribution in [0.5, 0.6) is 0 Å². The smallest absolute Gasteiger partial charge is 0.157 e. The molecule has 0 aromatic carbocycles. The van der Waals surface area contributed by atoms with Crippen LogP contribution in [0.3, 0.4) is 0 Å². The maximum absolute atomic E-state index is 4.36. The van der Waals surface area contributed by atoms with E-state index in [1.54, 1.807) is 6.20 Å². The van der Waals surface area contributed by atoms with Crippen LogP contribution in [0.2, 0.25) is 0 Å². The third-order valence-corrected chi connectivity index (χ3v) is 2.65. The molecule has 0 aliphatic rings. The fourth-order valence-corrected chi connectivity index (χ4v) is 1.72. The van der Waals surface area contributed by atoms with Crippen molar-refractivity contribution in [2.24, 2.45) is 0 Å². The van der Waals surface area contributed by atoms with E-state index in [9.17, 15) is 0 Å². The Morgan fingerprint density at radius 3 is 3.00 bits per heavy atom. The molecule has 4 nitrogen and oxygen atoms in total. The maximum atomic E-state index is 4.36. The summed E-state index contributed by atoms with van der Waals surface area (Å²) in [6.45, 7) is 0.750. The summed E-state index contributed by atoms with van der Waals surface area (Å²) in [7, 11) is 1.90. The number of hydrogen-bond donors (Lipinski definition) is 2. The van der Waals surface area contributed by atoms with E-state index < -0.39 is 0 Å². The number of H-pyrrole nitrogens is 1. The summed E-state index contributed by atoms with van der Waals surface area (Å²) in [6, 6.07) is 5.75. The van der Waals surface area contributed by atoms with Crippen LogP contribution in [0, 0.1) is 0 Å². The van der Waals surface area contributed by atoms with Gasteiger partial charge in [-0.3, -0.25) is 4.98 Å². The molecule has 0 aliphatic carbocycles. The highest BCUT2D eigenvalue weighted by molar-refractivity contribution is 9.10. The quantitative estimate of drug-likeness (QED) is 0.893. The molecule has 0 amide bonds. The second-order valence-corrected chi connectivity index (χ2v) is 3.85. The molecule has 0 unspecified atom stereocenters. The van der Waals surface area contributed by atoms with Gasteiger partial charge < -0.3 is 10.3 Å². The van der Waals surface area contributed by atoms with Crippen molar-refractivity contribution in [3.8, 4) is 11.5 Å². The van der Waals surface area contributed by atoms with E-state index in [1.807, 2.05) is 25.2 Å². The number of nitrogens with zero attached hydrogens (tertiary/aromatic N) is 2. The zero-order valence-electron chi connectivity index (χ0n) is 8.29. The molecule has 2 heterocycles. The molecular weight excluding hydrogens is 256 g/mol. The fraction of sp³-hybridized carbons (Fsp3) is 0.200. The molecule has 0 saturated heterocycles. The Kier molecular flexibility index (Phi) is 3.13. The monoisotopic (exact) mass is 266 g/mol. The molecule has 2 N–H and O–H groups in total. The fourth-order valence-electron chi connectivity index (χ4n) is 1.31. The number of rotatable bonds is 3. The topological polar surface area (TPSA) is 53.6 Å². The molecule has 5 heteroatoms. The minimum absolute atomic E-state index is 0.750. The standard InChI is InChI=1S/C10H11BrN4/c1-12-6-8-9(11)15-10(14-8)7-4-2-3-5-13-7/h2-5,12H,6H2,1H3,(H,14,15). The first-order valence-corrected chi connectivity index (χ1v) is 5.41. The Morgan fingerprint density at radius 1 is 1.47 bits per heavy atom. The molecule has 0 atom stereocenters. The molecule has 0 fully saturated rings. The second-order valence-electron chi connectivity index (χ2n) is 3.10. The third kappa shape index (κ3) is 2.24. The molecule has 2 aromatic rings. The maximum Gasteiger partial charge on any atom is 0.157 e. The molecule has 2 rings (SSSR count). The van der Waals surface area contributed by atoms with Gasteiger partial charge in [-0.05, 0) is 35.1 Å². The van der Waals surface area contributed by atoms with Crippen LogP contribution in [-0.2, 0) is 6.54 Å². The predicted molar refractivity (Wildman–Crippen MR) is 62.3 cm³/mol. The molecule has 0 aliphatic heterocycles. The highest BCUT2D eigenvalue weighted by Gasteiger charge is 2.08. The van der Waals surface area contributed by atoms with Crippen molar-refractivity contribution in [2.45, 2.75) is 6.54 Å². The van der Waals surface area contributed by atoms with E-state index >= 15 is 0 Å². The molecule has 2 aromatic heterocycles. The average molecular weight is 267 g/mol. The number of pyridine rings is 1. The van der Waals surface area contributed by atoms with Gasteiger partial charge in [0.2, 0.25) is 0 Å².